The average Bonchev–Trinajstić information content (AvgIpc) is 2.47. The fraction of sp³-hybridized carbons (Fsp3) is 0.0667. The molecule has 0 spiro atoms. The van der Waals surface area contributed by atoms with Crippen molar-refractivity contribution < 1.29 is 17.7 Å². The van der Waals surface area contributed by atoms with Crippen LogP contribution >= 0.6 is 15.9 Å². The predicted molar refractivity (Wildman–Crippen MR) is 88.9 cm³/mol. The van der Waals surface area contributed by atoms with Crippen LogP contribution in [0.25, 0.3) is 6.08 Å². The van der Waals surface area contributed by atoms with E-state index in [0.717, 1.165) is 22.0 Å². The fourth-order valence-corrected chi connectivity index (χ4v) is 3.20. The van der Waals surface area contributed by atoms with Gasteiger partial charge < -0.3 is 0 Å². The minimum absolute atomic E-state index is 0.188. The Morgan fingerprint density at radius 2 is 1.83 bits per heavy atom. The predicted octanol–water partition coefficient (Wildman–Crippen LogP) is 4.08. The number of benzene rings is 2. The topological polar surface area (TPSA) is 77.3 Å². The molecule has 0 N–H and O–H groups in total. The molecule has 0 heterocycles. The Hall–Kier alpha value is -2.06. The number of nitrogens with zero attached hydrogens (tertiary/aromatic N) is 1. The molecule has 0 fully saturated rings. The van der Waals surface area contributed by atoms with Crippen LogP contribution in [0.5, 0.6) is 0 Å². The molecule has 23 heavy (non-hydrogen) atoms. The van der Waals surface area contributed by atoms with Crippen molar-refractivity contribution in [1.82, 2.24) is 0 Å². The summed E-state index contributed by atoms with van der Waals surface area (Å²) in [4.78, 5) is 9.69. The number of nitro benzene ring substituents is 1. The van der Waals surface area contributed by atoms with E-state index in [-0.39, 0.29) is 11.3 Å². The number of rotatable bonds is 5. The van der Waals surface area contributed by atoms with E-state index >= 15 is 0 Å². The van der Waals surface area contributed by atoms with Crippen LogP contribution in [0.1, 0.15) is 11.1 Å². The molecule has 8 heteroatoms. The second-order valence-electron chi connectivity index (χ2n) is 4.70. The third-order valence-corrected chi connectivity index (χ3v) is 4.73. The number of halogens is 2. The SMILES string of the molecule is O=[N+]([O-])c1ccc(/C=C/S(=O)(=O)Cc2ccc(Br)cc2)cc1F. The van der Waals surface area contributed by atoms with Crippen LogP contribution in [-0.2, 0) is 15.6 Å². The second-order valence-corrected chi connectivity index (χ2v) is 7.51. The molecule has 0 aliphatic carbocycles. The van der Waals surface area contributed by atoms with E-state index in [2.05, 4.69) is 15.9 Å². The van der Waals surface area contributed by atoms with Gasteiger partial charge in [0.25, 0.3) is 0 Å². The lowest BCUT2D eigenvalue weighted by molar-refractivity contribution is -0.387. The van der Waals surface area contributed by atoms with Gasteiger partial charge in [0.05, 0.1) is 10.7 Å². The molecule has 2 aromatic rings. The van der Waals surface area contributed by atoms with Crippen molar-refractivity contribution in [2.24, 2.45) is 0 Å². The summed E-state index contributed by atoms with van der Waals surface area (Å²) in [6.07, 6.45) is 1.21. The Labute approximate surface area is 140 Å². The maximum atomic E-state index is 13.5. The van der Waals surface area contributed by atoms with Crippen LogP contribution in [0.3, 0.4) is 0 Å². The molecule has 0 aliphatic heterocycles. The molecule has 120 valence electrons. The Kier molecular flexibility index (Phi) is 5.27. The van der Waals surface area contributed by atoms with Gasteiger partial charge in [-0.1, -0.05) is 28.1 Å². The van der Waals surface area contributed by atoms with E-state index in [0.29, 0.717) is 5.56 Å². The fourth-order valence-electron chi connectivity index (χ4n) is 1.82. The largest absolute Gasteiger partial charge is 0.304 e. The van der Waals surface area contributed by atoms with E-state index < -0.39 is 26.3 Å². The summed E-state index contributed by atoms with van der Waals surface area (Å²) >= 11 is 3.26. The van der Waals surface area contributed by atoms with E-state index in [4.69, 9.17) is 0 Å². The van der Waals surface area contributed by atoms with Crippen molar-refractivity contribution >= 4 is 37.5 Å². The summed E-state index contributed by atoms with van der Waals surface area (Å²) < 4.78 is 38.4. The molecule has 0 atom stereocenters. The van der Waals surface area contributed by atoms with Crippen LogP contribution in [0.15, 0.2) is 52.3 Å². The van der Waals surface area contributed by atoms with Gasteiger partial charge in [0.15, 0.2) is 9.84 Å². The van der Waals surface area contributed by atoms with Crippen LogP contribution in [-0.4, -0.2) is 13.3 Å². The minimum atomic E-state index is -3.54. The van der Waals surface area contributed by atoms with E-state index in [9.17, 15) is 22.9 Å². The maximum Gasteiger partial charge on any atom is 0.304 e. The first-order valence-corrected chi connectivity index (χ1v) is 8.87. The summed E-state index contributed by atoms with van der Waals surface area (Å²) in [7, 11) is -3.54. The summed E-state index contributed by atoms with van der Waals surface area (Å²) in [5, 5.41) is 11.5. The molecule has 0 bridgehead atoms. The summed E-state index contributed by atoms with van der Waals surface area (Å²) in [5.41, 5.74) is 0.195. The van der Waals surface area contributed by atoms with Gasteiger partial charge >= 0.3 is 5.69 Å². The van der Waals surface area contributed by atoms with E-state index in [1.54, 1.807) is 24.3 Å². The third-order valence-electron chi connectivity index (χ3n) is 2.92. The molecule has 0 saturated heterocycles. The molecule has 2 rings (SSSR count). The highest BCUT2D eigenvalue weighted by molar-refractivity contribution is 9.10. The van der Waals surface area contributed by atoms with Crippen molar-refractivity contribution in [3.63, 3.8) is 0 Å². The lowest BCUT2D eigenvalue weighted by Gasteiger charge is -2.01. The molecule has 0 aliphatic rings. The molecular formula is C15H11BrFNO4S. The van der Waals surface area contributed by atoms with Gasteiger partial charge in [-0.25, -0.2) is 8.42 Å². The molecule has 0 radical (unpaired) electrons. The number of sulfone groups is 1. The quantitative estimate of drug-likeness (QED) is 0.560. The molecule has 5 nitrogen and oxygen atoms in total. The first kappa shape index (κ1) is 17.3. The summed E-state index contributed by atoms with van der Waals surface area (Å²) in [6.45, 7) is 0. The Balaban J connectivity index is 2.16. The van der Waals surface area contributed by atoms with Crippen molar-refractivity contribution in [1.29, 1.82) is 0 Å². The third kappa shape index (κ3) is 4.97. The van der Waals surface area contributed by atoms with Crippen LogP contribution < -0.4 is 0 Å². The highest BCUT2D eigenvalue weighted by Crippen LogP contribution is 2.19. The standard InChI is InChI=1S/C15H11BrFNO4S/c16-13-4-1-12(2-5-13)10-23(21,22)8-7-11-3-6-15(18(19)20)14(17)9-11/h1-9H,10H2/b8-7+. The molecule has 0 saturated carbocycles. The van der Waals surface area contributed by atoms with Gasteiger partial charge in [-0.15, -0.1) is 0 Å². The minimum Gasteiger partial charge on any atom is -0.258 e. The first-order valence-electron chi connectivity index (χ1n) is 6.36. The van der Waals surface area contributed by atoms with E-state index in [1.165, 1.54) is 12.1 Å². The van der Waals surface area contributed by atoms with Gasteiger partial charge in [0.1, 0.15) is 0 Å². The summed E-state index contributed by atoms with van der Waals surface area (Å²) in [6, 6.07) is 10.0. The molecular weight excluding hydrogens is 389 g/mol. The van der Waals surface area contributed by atoms with Gasteiger partial charge in [0.2, 0.25) is 5.82 Å². The monoisotopic (exact) mass is 399 g/mol. The highest BCUT2D eigenvalue weighted by atomic mass is 79.9. The normalized spacial score (nSPS) is 11.7. The van der Waals surface area contributed by atoms with Crippen molar-refractivity contribution in [3.8, 4) is 0 Å². The maximum absolute atomic E-state index is 13.5. The van der Waals surface area contributed by atoms with Crippen molar-refractivity contribution in [2.75, 3.05) is 0 Å². The zero-order valence-corrected chi connectivity index (χ0v) is 14.1. The average molecular weight is 400 g/mol. The molecule has 0 aromatic heterocycles. The summed E-state index contributed by atoms with van der Waals surface area (Å²) in [5.74, 6) is -1.20. The highest BCUT2D eigenvalue weighted by Gasteiger charge is 2.13. The first-order chi connectivity index (χ1) is 10.8. The lowest BCUT2D eigenvalue weighted by atomic mass is 10.2. The lowest BCUT2D eigenvalue weighted by Crippen LogP contribution is -1.99. The van der Waals surface area contributed by atoms with Gasteiger partial charge in [-0.3, -0.25) is 10.1 Å². The van der Waals surface area contributed by atoms with Crippen molar-refractivity contribution in [3.05, 3.63) is 79.4 Å². The van der Waals surface area contributed by atoms with Crippen LogP contribution in [0.2, 0.25) is 0 Å². The molecule has 0 amide bonds. The Morgan fingerprint density at radius 1 is 1.17 bits per heavy atom. The van der Waals surface area contributed by atoms with Crippen LogP contribution in [0.4, 0.5) is 10.1 Å². The van der Waals surface area contributed by atoms with Gasteiger partial charge in [-0.05, 0) is 41.5 Å². The zero-order valence-electron chi connectivity index (χ0n) is 11.6. The second kappa shape index (κ2) is 7.01. The molecule has 2 aromatic carbocycles. The Bertz CT molecular complexity index is 864. The van der Waals surface area contributed by atoms with Crippen molar-refractivity contribution in [2.45, 2.75) is 5.75 Å². The van der Waals surface area contributed by atoms with E-state index in [1.807, 2.05) is 0 Å². The van der Waals surface area contributed by atoms with Crippen LogP contribution in [0, 0.1) is 15.9 Å². The van der Waals surface area contributed by atoms with Gasteiger partial charge in [0, 0.05) is 15.9 Å². The Morgan fingerprint density at radius 3 is 2.39 bits per heavy atom. The number of nitro groups is 1. The smallest absolute Gasteiger partial charge is 0.258 e. The van der Waals surface area contributed by atoms with Gasteiger partial charge in [-0.2, -0.15) is 4.39 Å². The molecule has 0 unspecified atom stereocenters. The zero-order chi connectivity index (χ0) is 17.0. The number of hydrogen-bond acceptors (Lipinski definition) is 4. The number of hydrogen-bond donors (Lipinski definition) is 0.